The number of anilines is 1. The summed E-state index contributed by atoms with van der Waals surface area (Å²) in [5.41, 5.74) is 20.8. The van der Waals surface area contributed by atoms with Crippen LogP contribution in [-0.2, 0) is 50.6 Å². The largest absolute Gasteiger partial charge is 0.412 e. The standard InChI is InChI=1S/C46H54ClN7O8/c1-24(2)34(36(55)61-40(50)59)52-21-19-43(38(48)57)27-7-11-29(12-8-27)45(43,52)33-23-26(5)42(6,54(33)32-17-15-31(47)16-18-32)46-30-13-9-28(10-14-30)44(46,39(49)58)20-22-53(46)35(25(3)4)37(56)62-41(51)60/h7-18,24-26,33-35H,19-23H2,1-6H3,(H2,48,57)(H2,49,58)(H2,50,59)(H2,51,60)/t26?,33?,34?,35?,42-,43?,44?,45+,46+/m0/s1. The van der Waals surface area contributed by atoms with Gasteiger partial charge < -0.3 is 37.3 Å². The van der Waals surface area contributed by atoms with E-state index in [1.165, 1.54) is 0 Å². The first-order chi connectivity index (χ1) is 29.2. The maximum atomic E-state index is 14.8. The number of likely N-dealkylation sites (tertiary alicyclic amines) is 2. The zero-order valence-electron chi connectivity index (χ0n) is 35.7. The highest BCUT2D eigenvalue weighted by Gasteiger charge is 2.81. The Morgan fingerprint density at radius 1 is 0.645 bits per heavy atom. The van der Waals surface area contributed by atoms with Gasteiger partial charge in [0.2, 0.25) is 11.8 Å². The summed E-state index contributed by atoms with van der Waals surface area (Å²) in [6.45, 7) is 11.9. The van der Waals surface area contributed by atoms with Gasteiger partial charge in [0, 0.05) is 23.8 Å². The predicted octanol–water partition coefficient (Wildman–Crippen LogP) is 4.28. The Labute approximate surface area is 365 Å². The van der Waals surface area contributed by atoms with Crippen molar-refractivity contribution < 1.29 is 38.2 Å². The Kier molecular flexibility index (Phi) is 10.1. The molecule has 3 heterocycles. The van der Waals surface area contributed by atoms with Gasteiger partial charge in [-0.1, -0.05) is 94.8 Å². The summed E-state index contributed by atoms with van der Waals surface area (Å²) >= 11 is 6.62. The Morgan fingerprint density at radius 3 is 1.56 bits per heavy atom. The number of rotatable bonds is 11. The van der Waals surface area contributed by atoms with E-state index < -0.39 is 99.3 Å². The van der Waals surface area contributed by atoms with Crippen molar-refractivity contribution >= 4 is 53.2 Å². The van der Waals surface area contributed by atoms with Crippen LogP contribution in [0.15, 0.2) is 72.8 Å². The molecule has 328 valence electrons. The normalized spacial score (nSPS) is 31.8. The Bertz CT molecular complexity index is 2380. The van der Waals surface area contributed by atoms with E-state index in [9.17, 15) is 28.8 Å². The number of hydrogen-bond donors (Lipinski definition) is 4. The summed E-state index contributed by atoms with van der Waals surface area (Å²) in [7, 11) is 0. The van der Waals surface area contributed by atoms with Gasteiger partial charge in [-0.25, -0.2) is 19.2 Å². The molecule has 7 aliphatic rings. The predicted molar refractivity (Wildman–Crippen MR) is 229 cm³/mol. The second-order valence-corrected chi connectivity index (χ2v) is 19.0. The number of carbonyl (C=O) groups is 6. The Hall–Kier alpha value is -5.51. The molecule has 62 heavy (non-hydrogen) atoms. The van der Waals surface area contributed by atoms with Crippen LogP contribution in [-0.4, -0.2) is 82.5 Å². The first kappa shape index (κ1) is 43.2. The number of fused-ring (bicyclic) bond motifs is 4. The topological polar surface area (TPSA) is 235 Å². The lowest BCUT2D eigenvalue weighted by atomic mass is 9.49. The van der Waals surface area contributed by atoms with Gasteiger partial charge in [0.1, 0.15) is 12.1 Å². The highest BCUT2D eigenvalue weighted by molar-refractivity contribution is 6.30. The van der Waals surface area contributed by atoms with Crippen LogP contribution in [0.5, 0.6) is 0 Å². The molecule has 10 rings (SSSR count). The lowest BCUT2D eigenvalue weighted by Gasteiger charge is -2.66. The summed E-state index contributed by atoms with van der Waals surface area (Å²) < 4.78 is 10.4. The van der Waals surface area contributed by atoms with Gasteiger partial charge in [-0.2, -0.15) is 0 Å². The maximum absolute atomic E-state index is 14.8. The summed E-state index contributed by atoms with van der Waals surface area (Å²) in [5.74, 6) is -4.27. The van der Waals surface area contributed by atoms with Crippen LogP contribution >= 0.6 is 11.6 Å². The van der Waals surface area contributed by atoms with Gasteiger partial charge in [-0.3, -0.25) is 19.4 Å². The fourth-order valence-corrected chi connectivity index (χ4v) is 13.7. The molecule has 3 saturated heterocycles. The zero-order chi connectivity index (χ0) is 45.1. The third-order valence-corrected chi connectivity index (χ3v) is 15.8. The molecule has 4 bridgehead atoms. The lowest BCUT2D eigenvalue weighted by molar-refractivity contribution is -0.154. The van der Waals surface area contributed by atoms with Gasteiger partial charge in [-0.15, -0.1) is 0 Å². The molecule has 3 aliphatic heterocycles. The van der Waals surface area contributed by atoms with Crippen molar-refractivity contribution in [1.29, 1.82) is 0 Å². The van der Waals surface area contributed by atoms with Crippen molar-refractivity contribution in [3.63, 3.8) is 0 Å². The van der Waals surface area contributed by atoms with Crippen LogP contribution in [0.2, 0.25) is 5.02 Å². The lowest BCUT2D eigenvalue weighted by Crippen LogP contribution is -2.79. The fraction of sp³-hybridized carbons (Fsp3) is 0.478. The highest BCUT2D eigenvalue weighted by Crippen LogP contribution is 2.71. The molecule has 4 amide bonds. The third kappa shape index (κ3) is 5.18. The van der Waals surface area contributed by atoms with Crippen molar-refractivity contribution in [2.24, 2.45) is 40.7 Å². The molecule has 15 nitrogen and oxygen atoms in total. The number of nitrogens with two attached hydrogens (primary N) is 4. The van der Waals surface area contributed by atoms with E-state index >= 15 is 0 Å². The van der Waals surface area contributed by atoms with Crippen LogP contribution in [0.1, 0.15) is 83.1 Å². The molecule has 8 N–H and O–H groups in total. The van der Waals surface area contributed by atoms with Gasteiger partial charge in [0.25, 0.3) is 0 Å². The molecule has 6 unspecified atom stereocenters. The molecule has 9 atom stereocenters. The zero-order valence-corrected chi connectivity index (χ0v) is 36.5. The summed E-state index contributed by atoms with van der Waals surface area (Å²) in [5, 5.41) is 0.460. The van der Waals surface area contributed by atoms with Gasteiger partial charge >= 0.3 is 24.1 Å². The van der Waals surface area contributed by atoms with Crippen LogP contribution < -0.4 is 27.8 Å². The van der Waals surface area contributed by atoms with E-state index in [1.807, 2.05) is 98.2 Å². The van der Waals surface area contributed by atoms with E-state index in [-0.39, 0.29) is 25.9 Å². The minimum atomic E-state index is -1.46. The Balaban J connectivity index is 1.50. The first-order valence-corrected chi connectivity index (χ1v) is 21.5. The number of amides is 4. The van der Waals surface area contributed by atoms with Crippen LogP contribution in [0.3, 0.4) is 0 Å². The van der Waals surface area contributed by atoms with E-state index in [1.54, 1.807) is 12.1 Å². The molecular weight excluding hydrogens is 814 g/mol. The number of primary amides is 4. The van der Waals surface area contributed by atoms with Crippen LogP contribution in [0, 0.1) is 17.8 Å². The number of halogens is 1. The summed E-state index contributed by atoms with van der Waals surface area (Å²) in [6, 6.07) is 19.8. The summed E-state index contributed by atoms with van der Waals surface area (Å²) in [6.07, 6.45) is -1.74. The molecule has 3 aromatic carbocycles. The highest BCUT2D eigenvalue weighted by atomic mass is 35.5. The second kappa shape index (κ2) is 14.5. The monoisotopic (exact) mass is 867 g/mol. The van der Waals surface area contributed by atoms with Crippen molar-refractivity contribution in [1.82, 2.24) is 9.80 Å². The number of carbonyl (C=O) groups excluding carboxylic acids is 6. The summed E-state index contributed by atoms with van der Waals surface area (Å²) in [4.78, 5) is 88.9. The number of hydrogen-bond acceptors (Lipinski definition) is 11. The average molecular weight is 868 g/mol. The molecule has 0 aromatic heterocycles. The van der Waals surface area contributed by atoms with Gasteiger partial charge in [0.15, 0.2) is 0 Å². The van der Waals surface area contributed by atoms with Crippen LogP contribution in [0.4, 0.5) is 15.3 Å². The average Bonchev–Trinajstić information content (AvgIpc) is 3.86. The van der Waals surface area contributed by atoms with Crippen molar-refractivity contribution in [3.05, 3.63) is 100 Å². The number of nitrogens with zero attached hydrogens (tertiary/aromatic N) is 3. The molecule has 4 aliphatic carbocycles. The van der Waals surface area contributed by atoms with E-state index in [0.29, 0.717) is 39.4 Å². The molecular formula is C46H54ClN7O8. The molecule has 0 saturated carbocycles. The number of benzene rings is 3. The van der Waals surface area contributed by atoms with E-state index in [0.717, 1.165) is 0 Å². The van der Waals surface area contributed by atoms with Crippen LogP contribution in [0.25, 0.3) is 0 Å². The van der Waals surface area contributed by atoms with Gasteiger partial charge in [-0.05, 0) is 90.5 Å². The molecule has 0 radical (unpaired) electrons. The quantitative estimate of drug-likeness (QED) is 0.157. The van der Waals surface area contributed by atoms with Crippen molar-refractivity contribution in [2.45, 2.75) is 106 Å². The van der Waals surface area contributed by atoms with E-state index in [2.05, 4.69) is 18.7 Å². The number of esters is 2. The minimum Gasteiger partial charge on any atom is -0.375 e. The third-order valence-electron chi connectivity index (χ3n) is 15.6. The molecule has 0 spiro atoms. The maximum Gasteiger partial charge on any atom is 0.412 e. The molecule has 3 fully saturated rings. The molecule has 16 heteroatoms. The first-order valence-electron chi connectivity index (χ1n) is 21.1. The SMILES string of the molecule is CC(C)C(C(=O)OC(N)=O)N1CCC2(C(N)=O)c3ccc(cc3)[C@]12C1CC(C)[C@@](C)([C@]23c4ccc(cc4)C2(C(N)=O)CCN3C(C(=O)OC(N)=O)C(C)C)N1c1ccc(Cl)cc1. The van der Waals surface area contributed by atoms with Crippen molar-refractivity contribution in [3.8, 4) is 0 Å². The number of ether oxygens (including phenoxy) is 2. The Morgan fingerprint density at radius 2 is 1.08 bits per heavy atom. The fourth-order valence-electron chi connectivity index (χ4n) is 13.6. The second-order valence-electron chi connectivity index (χ2n) is 18.6. The van der Waals surface area contributed by atoms with E-state index in [4.69, 9.17) is 44.0 Å². The minimum absolute atomic E-state index is 0.190. The smallest absolute Gasteiger partial charge is 0.375 e. The van der Waals surface area contributed by atoms with Gasteiger partial charge in [0.05, 0.1) is 33.5 Å². The van der Waals surface area contributed by atoms with Crippen molar-refractivity contribution in [2.75, 3.05) is 18.0 Å². The molecule has 3 aromatic rings.